The Morgan fingerprint density at radius 2 is 1.28 bits per heavy atom. The third-order valence-corrected chi connectivity index (χ3v) is 18.6. The van der Waals surface area contributed by atoms with Crippen LogP contribution in [0, 0.1) is 45.3 Å². The van der Waals surface area contributed by atoms with E-state index >= 15 is 0 Å². The minimum Gasteiger partial charge on any atom is -0.394 e. The van der Waals surface area contributed by atoms with Gasteiger partial charge >= 0.3 is 0 Å². The number of ether oxygens (including phenoxy) is 7. The quantitative estimate of drug-likeness (QED) is 0.112. The smallest absolute Gasteiger partial charge is 0.187 e. The lowest BCUT2D eigenvalue weighted by atomic mass is 9.35. The van der Waals surface area contributed by atoms with Crippen LogP contribution in [0.2, 0.25) is 0 Å². The van der Waals surface area contributed by atoms with Crippen LogP contribution in [-0.4, -0.2) is 181 Å². The van der Waals surface area contributed by atoms with E-state index in [2.05, 4.69) is 47.6 Å². The molecule has 17 heteroatoms. The number of rotatable bonds is 9. The highest BCUT2D eigenvalue weighted by molar-refractivity contribution is 5.22. The SMILES string of the molecule is CC(C)=C[C@H]1C[C@](C)(O[C@H]2O[C@@H](CO[C@H]3OC[C@H](O)[C@@H](O)[C@@H]3O)[C@H](O)[C@@H](O)[C@@H]2O)C2CC[C@]3(C)C2[C@@H](C[C@@H]2[C@@]4(C)CC[C@H](O[C@@H]5O[C@H](CO)[C@@H](O)[C@H](O)[C@H]5O)C(C)(C)[C@@H]4CC[C@]23C)O1. The Morgan fingerprint density at radius 3 is 1.95 bits per heavy atom. The number of aliphatic hydroxyl groups is 10. The maximum absolute atomic E-state index is 11.4. The highest BCUT2D eigenvalue weighted by Crippen LogP contribution is 2.77. The van der Waals surface area contributed by atoms with E-state index in [4.69, 9.17) is 33.2 Å². The van der Waals surface area contributed by atoms with Crippen LogP contribution in [0.4, 0.5) is 0 Å². The fourth-order valence-electron chi connectivity index (χ4n) is 15.1. The van der Waals surface area contributed by atoms with Crippen LogP contribution in [0.1, 0.15) is 107 Å². The molecular weight excluding hydrogens is 836 g/mol. The molecule has 0 bridgehead atoms. The molecule has 0 aromatic carbocycles. The Kier molecular flexibility index (Phi) is 13.8. The van der Waals surface area contributed by atoms with Crippen LogP contribution < -0.4 is 0 Å². The first-order valence-electron chi connectivity index (χ1n) is 23.8. The Morgan fingerprint density at radius 1 is 0.656 bits per heavy atom. The normalized spacial score (nSPS) is 56.0. The van der Waals surface area contributed by atoms with Crippen LogP contribution in [0.25, 0.3) is 0 Å². The lowest BCUT2D eigenvalue weighted by molar-refractivity contribution is -0.344. The molecule has 0 radical (unpaired) electrons. The summed E-state index contributed by atoms with van der Waals surface area (Å²) in [6.45, 7) is 16.8. The summed E-state index contributed by atoms with van der Waals surface area (Å²) in [7, 11) is 0. The van der Waals surface area contributed by atoms with E-state index in [0.717, 1.165) is 44.1 Å². The third kappa shape index (κ3) is 7.99. The number of allylic oxidation sites excluding steroid dienone is 1. The van der Waals surface area contributed by atoms with Gasteiger partial charge in [-0.1, -0.05) is 46.3 Å². The summed E-state index contributed by atoms with van der Waals surface area (Å²) in [5, 5.41) is 106. The average Bonchev–Trinajstić information content (AvgIpc) is 3.56. The summed E-state index contributed by atoms with van der Waals surface area (Å²) in [4.78, 5) is 0. The third-order valence-electron chi connectivity index (χ3n) is 18.6. The summed E-state index contributed by atoms with van der Waals surface area (Å²) in [5.74, 6) is 0.579. The monoisotopic (exact) mass is 915 g/mol. The van der Waals surface area contributed by atoms with Gasteiger partial charge in [0.1, 0.15) is 67.1 Å². The molecule has 4 saturated carbocycles. The lowest BCUT2D eigenvalue weighted by Crippen LogP contribution is -2.67. The van der Waals surface area contributed by atoms with Gasteiger partial charge in [0.25, 0.3) is 0 Å². The number of hydrogen-bond acceptors (Lipinski definition) is 17. The van der Waals surface area contributed by atoms with Crippen molar-refractivity contribution in [2.75, 3.05) is 19.8 Å². The summed E-state index contributed by atoms with van der Waals surface area (Å²) in [6, 6.07) is 0. The fourth-order valence-corrected chi connectivity index (χ4v) is 15.1. The largest absolute Gasteiger partial charge is 0.394 e. The maximum Gasteiger partial charge on any atom is 0.187 e. The molecular formula is C47H78O17. The van der Waals surface area contributed by atoms with Gasteiger partial charge in [0.15, 0.2) is 18.9 Å². The van der Waals surface area contributed by atoms with E-state index in [9.17, 15) is 51.1 Å². The van der Waals surface area contributed by atoms with E-state index in [0.29, 0.717) is 12.8 Å². The summed E-state index contributed by atoms with van der Waals surface area (Å²) < 4.78 is 44.1. The molecule has 0 spiro atoms. The van der Waals surface area contributed by atoms with Gasteiger partial charge in [0, 0.05) is 6.42 Å². The molecule has 4 saturated heterocycles. The molecule has 0 amide bonds. The highest BCUT2D eigenvalue weighted by Gasteiger charge is 2.73. The fraction of sp³-hybridized carbons (Fsp3) is 0.957. The van der Waals surface area contributed by atoms with Crippen molar-refractivity contribution in [3.63, 3.8) is 0 Å². The summed E-state index contributed by atoms with van der Waals surface area (Å²) >= 11 is 0. The molecule has 0 aromatic rings. The number of fused-ring (bicyclic) bond motifs is 4. The van der Waals surface area contributed by atoms with Gasteiger partial charge in [-0.15, -0.1) is 0 Å². The van der Waals surface area contributed by atoms with E-state index in [-0.39, 0.29) is 76.9 Å². The van der Waals surface area contributed by atoms with Crippen molar-refractivity contribution in [3.05, 3.63) is 11.6 Å². The first-order valence-corrected chi connectivity index (χ1v) is 23.8. The van der Waals surface area contributed by atoms with Crippen molar-refractivity contribution in [3.8, 4) is 0 Å². The van der Waals surface area contributed by atoms with E-state index in [1.807, 2.05) is 13.8 Å². The Labute approximate surface area is 377 Å². The molecule has 17 nitrogen and oxygen atoms in total. The zero-order valence-corrected chi connectivity index (χ0v) is 38.8. The van der Waals surface area contributed by atoms with Gasteiger partial charge in [-0.05, 0) is 111 Å². The molecule has 4 aliphatic carbocycles. The molecule has 8 fully saturated rings. The van der Waals surface area contributed by atoms with Gasteiger partial charge < -0.3 is 84.2 Å². The van der Waals surface area contributed by atoms with Crippen LogP contribution >= 0.6 is 0 Å². The van der Waals surface area contributed by atoms with Crippen molar-refractivity contribution >= 4 is 0 Å². The van der Waals surface area contributed by atoms with E-state index < -0.39 is 98.2 Å². The Hall–Kier alpha value is -0.940. The van der Waals surface area contributed by atoms with Crippen molar-refractivity contribution in [1.82, 2.24) is 0 Å². The zero-order valence-electron chi connectivity index (χ0n) is 38.8. The molecule has 25 atom stereocenters. The molecule has 8 rings (SSSR count). The van der Waals surface area contributed by atoms with Crippen molar-refractivity contribution < 1.29 is 84.2 Å². The summed E-state index contributed by atoms with van der Waals surface area (Å²) in [5.41, 5.74) is -0.560. The molecule has 8 aliphatic rings. The second-order valence-corrected chi connectivity index (χ2v) is 22.8. The van der Waals surface area contributed by atoms with Gasteiger partial charge in [-0.2, -0.15) is 0 Å². The van der Waals surface area contributed by atoms with Gasteiger partial charge in [-0.3, -0.25) is 0 Å². The van der Waals surface area contributed by atoms with Crippen molar-refractivity contribution in [1.29, 1.82) is 0 Å². The Balaban J connectivity index is 1.04. The minimum atomic E-state index is -1.65. The molecule has 368 valence electrons. The number of aliphatic hydroxyl groups excluding tert-OH is 10. The first kappa shape index (κ1) is 49.5. The highest BCUT2D eigenvalue weighted by atomic mass is 16.7. The molecule has 2 unspecified atom stereocenters. The van der Waals surface area contributed by atoms with E-state index in [1.54, 1.807) is 0 Å². The Bertz CT molecular complexity index is 1680. The molecule has 0 aromatic heterocycles. The predicted molar refractivity (Wildman–Crippen MR) is 226 cm³/mol. The van der Waals surface area contributed by atoms with Crippen molar-refractivity contribution in [2.45, 2.75) is 217 Å². The van der Waals surface area contributed by atoms with Crippen molar-refractivity contribution in [2.24, 2.45) is 45.3 Å². The van der Waals surface area contributed by atoms with Crippen LogP contribution in [0.3, 0.4) is 0 Å². The minimum absolute atomic E-state index is 0.0197. The lowest BCUT2D eigenvalue weighted by Gasteiger charge is -2.71. The van der Waals surface area contributed by atoms with Crippen LogP contribution in [0.15, 0.2) is 11.6 Å². The average molecular weight is 915 g/mol. The van der Waals surface area contributed by atoms with Crippen LogP contribution in [0.5, 0.6) is 0 Å². The van der Waals surface area contributed by atoms with E-state index in [1.165, 1.54) is 0 Å². The van der Waals surface area contributed by atoms with Gasteiger partial charge in [0.2, 0.25) is 0 Å². The first-order chi connectivity index (χ1) is 29.9. The number of hydrogen-bond donors (Lipinski definition) is 10. The maximum atomic E-state index is 11.4. The molecule has 64 heavy (non-hydrogen) atoms. The predicted octanol–water partition coefficient (Wildman–Crippen LogP) is 0.629. The second-order valence-electron chi connectivity index (χ2n) is 22.8. The zero-order chi connectivity index (χ0) is 46.6. The summed E-state index contributed by atoms with van der Waals surface area (Å²) in [6.07, 6.45) is -11.9. The topological polar surface area (TPSA) is 267 Å². The van der Waals surface area contributed by atoms with Gasteiger partial charge in [-0.25, -0.2) is 0 Å². The van der Waals surface area contributed by atoms with Crippen LogP contribution in [-0.2, 0) is 33.2 Å². The molecule has 10 N–H and O–H groups in total. The van der Waals surface area contributed by atoms with Gasteiger partial charge in [0.05, 0.1) is 43.7 Å². The second kappa shape index (κ2) is 17.8. The molecule has 4 aliphatic heterocycles. The molecule has 4 heterocycles. The standard InChI is InChI=1S/C47H78O17/c1-21(2)15-22-17-47(8,64-42-39(57)36(54)34(52)27(62-42)20-59-40-37(55)32(50)24(49)19-58-40)23-9-13-46(7)31(23)25(60-22)16-29-44(5)12-11-30(43(3,4)28(44)10-14-45(29,46)6)63-41-38(56)35(53)33(51)26(18-48)61-41/h15,22-42,48-57H,9-14,16-20H2,1-8H3/t22-,23?,24-,25+,26+,27-,28-,29+,30-,31?,32+,33+,34-,35-,36+,37-,38+,39-,40+,41-,42+,44-,45+,46+,47-/m0/s1.